The fourth-order valence-electron chi connectivity index (χ4n) is 1.16. The maximum Gasteiger partial charge on any atom is 0.0471 e. The van der Waals surface area contributed by atoms with E-state index in [1.54, 1.807) is 7.11 Å². The first kappa shape index (κ1) is 14.1. The minimum absolute atomic E-state index is 0.533. The van der Waals surface area contributed by atoms with Crippen molar-refractivity contribution in [3.05, 3.63) is 0 Å². The molecule has 0 spiro atoms. The Kier molecular flexibility index (Phi) is 9.67. The van der Waals surface area contributed by atoms with E-state index in [0.29, 0.717) is 6.04 Å². The van der Waals surface area contributed by atoms with Gasteiger partial charge in [-0.05, 0) is 33.2 Å². The van der Waals surface area contributed by atoms with E-state index in [1.165, 1.54) is 0 Å². The SMILES string of the molecule is CNC(C)CCCS(=O)CCCOC. The van der Waals surface area contributed by atoms with Crippen LogP contribution in [0.25, 0.3) is 0 Å². The van der Waals surface area contributed by atoms with Crippen LogP contribution in [0.2, 0.25) is 0 Å². The van der Waals surface area contributed by atoms with E-state index in [2.05, 4.69) is 12.2 Å². The van der Waals surface area contributed by atoms with Crippen molar-refractivity contribution in [2.45, 2.75) is 32.2 Å². The fraction of sp³-hybridized carbons (Fsp3) is 1.00. The Balaban J connectivity index is 3.26. The van der Waals surface area contributed by atoms with Gasteiger partial charge in [-0.15, -0.1) is 0 Å². The van der Waals surface area contributed by atoms with Gasteiger partial charge in [0.1, 0.15) is 0 Å². The van der Waals surface area contributed by atoms with Crippen molar-refractivity contribution in [3.63, 3.8) is 0 Å². The average molecular weight is 221 g/mol. The molecule has 0 rings (SSSR count). The summed E-state index contributed by atoms with van der Waals surface area (Å²) in [6.07, 6.45) is 3.05. The molecule has 0 aromatic carbocycles. The first-order valence-corrected chi connectivity index (χ1v) is 6.70. The molecule has 0 aromatic rings. The zero-order valence-electron chi connectivity index (χ0n) is 9.54. The molecule has 0 saturated heterocycles. The summed E-state index contributed by atoms with van der Waals surface area (Å²) in [6, 6.07) is 0.533. The molecule has 0 fully saturated rings. The van der Waals surface area contributed by atoms with Crippen LogP contribution in [-0.2, 0) is 15.5 Å². The Bertz CT molecular complexity index is 153. The van der Waals surface area contributed by atoms with Crippen molar-refractivity contribution in [2.24, 2.45) is 0 Å². The highest BCUT2D eigenvalue weighted by atomic mass is 32.2. The lowest BCUT2D eigenvalue weighted by Gasteiger charge is -2.08. The Hall–Kier alpha value is 0.0700. The molecule has 4 heteroatoms. The average Bonchev–Trinajstić information content (AvgIpc) is 2.18. The minimum Gasteiger partial charge on any atom is -0.385 e. The summed E-state index contributed by atoms with van der Waals surface area (Å²) < 4.78 is 16.3. The summed E-state index contributed by atoms with van der Waals surface area (Å²) in [4.78, 5) is 0. The van der Waals surface area contributed by atoms with Gasteiger partial charge in [0.2, 0.25) is 0 Å². The van der Waals surface area contributed by atoms with Crippen molar-refractivity contribution in [1.29, 1.82) is 0 Å². The summed E-state index contributed by atoms with van der Waals surface area (Å²) in [5.41, 5.74) is 0. The first-order valence-electron chi connectivity index (χ1n) is 5.22. The number of methoxy groups -OCH3 is 1. The van der Waals surface area contributed by atoms with Crippen LogP contribution < -0.4 is 5.32 Å². The fourth-order valence-corrected chi connectivity index (χ4v) is 2.29. The van der Waals surface area contributed by atoms with Gasteiger partial charge < -0.3 is 10.1 Å². The van der Waals surface area contributed by atoms with E-state index in [4.69, 9.17) is 4.74 Å². The van der Waals surface area contributed by atoms with E-state index in [9.17, 15) is 4.21 Å². The molecule has 0 aliphatic carbocycles. The van der Waals surface area contributed by atoms with Crippen molar-refractivity contribution < 1.29 is 8.95 Å². The number of nitrogens with one attached hydrogen (secondary N) is 1. The van der Waals surface area contributed by atoms with Crippen LogP contribution in [0, 0.1) is 0 Å². The van der Waals surface area contributed by atoms with Crippen LogP contribution in [0.5, 0.6) is 0 Å². The van der Waals surface area contributed by atoms with Crippen LogP contribution in [0.15, 0.2) is 0 Å². The molecule has 0 bridgehead atoms. The molecule has 14 heavy (non-hydrogen) atoms. The molecular formula is C10H23NO2S. The minimum atomic E-state index is -0.648. The van der Waals surface area contributed by atoms with Gasteiger partial charge >= 0.3 is 0 Å². The first-order chi connectivity index (χ1) is 6.70. The summed E-state index contributed by atoms with van der Waals surface area (Å²) in [6.45, 7) is 2.87. The Morgan fingerprint density at radius 2 is 2.00 bits per heavy atom. The van der Waals surface area contributed by atoms with Gasteiger partial charge in [0.05, 0.1) is 0 Å². The molecule has 0 heterocycles. The lowest BCUT2D eigenvalue weighted by Crippen LogP contribution is -2.21. The van der Waals surface area contributed by atoms with E-state index in [-0.39, 0.29) is 0 Å². The van der Waals surface area contributed by atoms with Gasteiger partial charge in [0, 0.05) is 42.1 Å². The molecule has 1 N–H and O–H groups in total. The topological polar surface area (TPSA) is 38.3 Å². The molecule has 2 atom stereocenters. The molecule has 0 saturated carbocycles. The maximum absolute atomic E-state index is 11.4. The molecule has 0 aliphatic rings. The maximum atomic E-state index is 11.4. The monoisotopic (exact) mass is 221 g/mol. The molecule has 0 aromatic heterocycles. The Morgan fingerprint density at radius 1 is 1.36 bits per heavy atom. The Morgan fingerprint density at radius 3 is 2.57 bits per heavy atom. The van der Waals surface area contributed by atoms with E-state index in [0.717, 1.165) is 37.4 Å². The summed E-state index contributed by atoms with van der Waals surface area (Å²) in [7, 11) is 2.99. The third-order valence-electron chi connectivity index (χ3n) is 2.22. The van der Waals surface area contributed by atoms with Crippen LogP contribution in [0.3, 0.4) is 0 Å². The standard InChI is InChI=1S/C10H23NO2S/c1-10(11-2)6-4-8-14(12)9-5-7-13-3/h10-11H,4-9H2,1-3H3. The number of hydrogen-bond donors (Lipinski definition) is 1. The van der Waals surface area contributed by atoms with Gasteiger partial charge in [0.15, 0.2) is 0 Å². The van der Waals surface area contributed by atoms with Crippen molar-refractivity contribution in [1.82, 2.24) is 5.32 Å². The zero-order valence-corrected chi connectivity index (χ0v) is 10.4. The molecule has 2 unspecified atom stereocenters. The van der Waals surface area contributed by atoms with Gasteiger partial charge in [-0.2, -0.15) is 0 Å². The summed E-state index contributed by atoms with van der Waals surface area (Å²) >= 11 is 0. The highest BCUT2D eigenvalue weighted by Crippen LogP contribution is 1.99. The molecule has 0 radical (unpaired) electrons. The highest BCUT2D eigenvalue weighted by Gasteiger charge is 2.02. The smallest absolute Gasteiger partial charge is 0.0471 e. The van der Waals surface area contributed by atoms with Gasteiger partial charge in [0.25, 0.3) is 0 Å². The molecular weight excluding hydrogens is 198 g/mol. The van der Waals surface area contributed by atoms with Gasteiger partial charge in [-0.1, -0.05) is 0 Å². The van der Waals surface area contributed by atoms with E-state index < -0.39 is 10.8 Å². The number of ether oxygens (including phenoxy) is 1. The summed E-state index contributed by atoms with van der Waals surface area (Å²) in [5.74, 6) is 1.61. The van der Waals surface area contributed by atoms with Crippen LogP contribution in [-0.4, -0.2) is 42.5 Å². The second kappa shape index (κ2) is 9.62. The second-order valence-corrected chi connectivity index (χ2v) is 5.22. The molecule has 3 nitrogen and oxygen atoms in total. The lowest BCUT2D eigenvalue weighted by atomic mass is 10.2. The van der Waals surface area contributed by atoms with Crippen molar-refractivity contribution >= 4 is 10.8 Å². The number of hydrogen-bond acceptors (Lipinski definition) is 3. The molecule has 0 amide bonds. The van der Waals surface area contributed by atoms with E-state index in [1.807, 2.05) is 7.05 Å². The largest absolute Gasteiger partial charge is 0.385 e. The van der Waals surface area contributed by atoms with Crippen molar-refractivity contribution in [3.8, 4) is 0 Å². The summed E-state index contributed by atoms with van der Waals surface area (Å²) in [5, 5.41) is 3.17. The van der Waals surface area contributed by atoms with Crippen LogP contribution in [0.1, 0.15) is 26.2 Å². The third-order valence-corrected chi connectivity index (χ3v) is 3.71. The third kappa shape index (κ3) is 8.66. The highest BCUT2D eigenvalue weighted by molar-refractivity contribution is 7.84. The van der Waals surface area contributed by atoms with Crippen molar-refractivity contribution in [2.75, 3.05) is 32.3 Å². The molecule has 86 valence electrons. The molecule has 0 aliphatic heterocycles. The lowest BCUT2D eigenvalue weighted by molar-refractivity contribution is 0.200. The van der Waals surface area contributed by atoms with Crippen LogP contribution in [0.4, 0.5) is 0 Å². The second-order valence-electron chi connectivity index (χ2n) is 3.53. The quantitative estimate of drug-likeness (QED) is 0.594. The Labute approximate surface area is 90.1 Å². The zero-order chi connectivity index (χ0) is 10.8. The number of rotatable bonds is 9. The van der Waals surface area contributed by atoms with Gasteiger partial charge in [-0.25, -0.2) is 0 Å². The van der Waals surface area contributed by atoms with Crippen LogP contribution >= 0.6 is 0 Å². The van der Waals surface area contributed by atoms with Gasteiger partial charge in [-0.3, -0.25) is 4.21 Å². The normalized spacial score (nSPS) is 15.4. The predicted molar refractivity (Wildman–Crippen MR) is 62.1 cm³/mol. The predicted octanol–water partition coefficient (Wildman–Crippen LogP) is 1.16. The van der Waals surface area contributed by atoms with E-state index >= 15 is 0 Å².